The lowest BCUT2D eigenvalue weighted by molar-refractivity contribution is -0.383. The number of rotatable bonds is 4. The lowest BCUT2D eigenvalue weighted by atomic mass is 9.99. The van der Waals surface area contributed by atoms with Crippen molar-refractivity contribution in [3.63, 3.8) is 0 Å². The molecule has 1 aliphatic heterocycles. The van der Waals surface area contributed by atoms with Crippen LogP contribution in [0.3, 0.4) is 0 Å². The first kappa shape index (κ1) is 16.5. The molecule has 0 saturated carbocycles. The maximum Gasteiger partial charge on any atom is 0.279 e. The van der Waals surface area contributed by atoms with Gasteiger partial charge in [-0.2, -0.15) is 0 Å². The van der Waals surface area contributed by atoms with Crippen molar-refractivity contribution >= 4 is 16.6 Å². The number of nitro benzene ring substituents is 1. The summed E-state index contributed by atoms with van der Waals surface area (Å²) in [6.45, 7) is 2.24. The number of nitro groups is 1. The Bertz CT molecular complexity index is 959. The van der Waals surface area contributed by atoms with Gasteiger partial charge in [0.05, 0.1) is 10.3 Å². The summed E-state index contributed by atoms with van der Waals surface area (Å²) in [6, 6.07) is 15.1. The SMILES string of the molecule is O=[N+]([O-])c1cc(CN2CCC(c3ccccc3)C2)c(O)c2ncccc12. The Morgan fingerprint density at radius 2 is 2.04 bits per heavy atom. The van der Waals surface area contributed by atoms with Crippen LogP contribution < -0.4 is 0 Å². The van der Waals surface area contributed by atoms with Crippen molar-refractivity contribution in [2.24, 2.45) is 0 Å². The van der Waals surface area contributed by atoms with E-state index in [-0.39, 0.29) is 17.0 Å². The molecule has 6 nitrogen and oxygen atoms in total. The van der Waals surface area contributed by atoms with Crippen LogP contribution in [0.1, 0.15) is 23.5 Å². The number of fused-ring (bicyclic) bond motifs is 1. The standard InChI is InChI=1S/C20H19N3O3/c24-20-16(11-18(23(25)26)17-7-4-9-21-19(17)20)13-22-10-8-15(12-22)14-5-2-1-3-6-14/h1-7,9,11,15,24H,8,10,12-13H2. The number of benzene rings is 2. The minimum Gasteiger partial charge on any atom is -0.505 e. The average Bonchev–Trinajstić information content (AvgIpc) is 3.13. The molecule has 1 aliphatic rings. The van der Waals surface area contributed by atoms with Crippen LogP contribution in [-0.2, 0) is 6.54 Å². The van der Waals surface area contributed by atoms with Gasteiger partial charge in [0.1, 0.15) is 11.3 Å². The lowest BCUT2D eigenvalue weighted by Crippen LogP contribution is -2.20. The van der Waals surface area contributed by atoms with Crippen molar-refractivity contribution in [2.75, 3.05) is 13.1 Å². The van der Waals surface area contributed by atoms with Crippen molar-refractivity contribution in [3.8, 4) is 5.75 Å². The van der Waals surface area contributed by atoms with Gasteiger partial charge in [0.25, 0.3) is 5.69 Å². The van der Waals surface area contributed by atoms with Crippen molar-refractivity contribution in [1.82, 2.24) is 9.88 Å². The van der Waals surface area contributed by atoms with E-state index in [0.717, 1.165) is 19.5 Å². The van der Waals surface area contributed by atoms with Crippen LogP contribution in [-0.4, -0.2) is 33.0 Å². The fourth-order valence-electron chi connectivity index (χ4n) is 3.75. The number of phenolic OH excluding ortho intramolecular Hbond substituents is 1. The van der Waals surface area contributed by atoms with Gasteiger partial charge in [0, 0.05) is 30.9 Å². The van der Waals surface area contributed by atoms with E-state index >= 15 is 0 Å². The van der Waals surface area contributed by atoms with Gasteiger partial charge in [-0.3, -0.25) is 20.0 Å². The summed E-state index contributed by atoms with van der Waals surface area (Å²) in [5, 5.41) is 22.4. The molecule has 2 heterocycles. The highest BCUT2D eigenvalue weighted by molar-refractivity contribution is 5.93. The van der Waals surface area contributed by atoms with Crippen LogP contribution in [0.5, 0.6) is 5.75 Å². The minimum atomic E-state index is -0.413. The van der Waals surface area contributed by atoms with Gasteiger partial charge in [-0.1, -0.05) is 30.3 Å². The minimum absolute atomic E-state index is 0.0142. The second kappa shape index (κ2) is 6.72. The first-order chi connectivity index (χ1) is 12.6. The highest BCUT2D eigenvalue weighted by Gasteiger charge is 2.26. The molecule has 0 bridgehead atoms. The molecule has 26 heavy (non-hydrogen) atoms. The van der Waals surface area contributed by atoms with Crippen LogP contribution in [0.2, 0.25) is 0 Å². The fourth-order valence-corrected chi connectivity index (χ4v) is 3.75. The quantitative estimate of drug-likeness (QED) is 0.572. The van der Waals surface area contributed by atoms with Crippen molar-refractivity contribution < 1.29 is 10.0 Å². The average molecular weight is 349 g/mol. The Labute approximate surface area is 150 Å². The summed E-state index contributed by atoms with van der Waals surface area (Å²) in [5.74, 6) is 0.487. The Kier molecular flexibility index (Phi) is 4.26. The van der Waals surface area contributed by atoms with Crippen LogP contribution in [0.15, 0.2) is 54.7 Å². The zero-order valence-electron chi connectivity index (χ0n) is 14.2. The molecule has 0 spiro atoms. The third-order valence-electron chi connectivity index (χ3n) is 5.06. The summed E-state index contributed by atoms with van der Waals surface area (Å²) in [7, 11) is 0. The highest BCUT2D eigenvalue weighted by atomic mass is 16.6. The molecule has 3 aromatic rings. The molecule has 1 unspecified atom stereocenters. The molecular weight excluding hydrogens is 330 g/mol. The topological polar surface area (TPSA) is 79.5 Å². The van der Waals surface area contributed by atoms with E-state index in [0.29, 0.717) is 23.4 Å². The molecule has 1 fully saturated rings. The van der Waals surface area contributed by atoms with E-state index in [1.54, 1.807) is 12.1 Å². The maximum atomic E-state index is 11.4. The molecule has 132 valence electrons. The van der Waals surface area contributed by atoms with Crippen molar-refractivity contribution in [2.45, 2.75) is 18.9 Å². The summed E-state index contributed by atoms with van der Waals surface area (Å²) >= 11 is 0. The fraction of sp³-hybridized carbons (Fsp3) is 0.250. The third-order valence-corrected chi connectivity index (χ3v) is 5.06. The van der Waals surface area contributed by atoms with E-state index in [1.807, 2.05) is 18.2 Å². The number of aromatic nitrogens is 1. The van der Waals surface area contributed by atoms with Gasteiger partial charge in [0.2, 0.25) is 0 Å². The maximum absolute atomic E-state index is 11.4. The van der Waals surface area contributed by atoms with E-state index in [4.69, 9.17) is 0 Å². The first-order valence-electron chi connectivity index (χ1n) is 8.64. The Balaban J connectivity index is 1.62. The predicted octanol–water partition coefficient (Wildman–Crippen LogP) is 3.84. The number of aromatic hydroxyl groups is 1. The van der Waals surface area contributed by atoms with E-state index < -0.39 is 4.92 Å². The van der Waals surface area contributed by atoms with E-state index in [1.165, 1.54) is 17.8 Å². The largest absolute Gasteiger partial charge is 0.505 e. The van der Waals surface area contributed by atoms with Crippen LogP contribution >= 0.6 is 0 Å². The normalized spacial score (nSPS) is 17.6. The summed E-state index contributed by atoms with van der Waals surface area (Å²) < 4.78 is 0. The van der Waals surface area contributed by atoms with Crippen LogP contribution in [0, 0.1) is 10.1 Å². The number of hydrogen-bond acceptors (Lipinski definition) is 5. The molecule has 1 N–H and O–H groups in total. The number of pyridine rings is 1. The van der Waals surface area contributed by atoms with Gasteiger partial charge in [-0.05, 0) is 36.6 Å². The number of nitrogens with zero attached hydrogens (tertiary/aromatic N) is 3. The van der Waals surface area contributed by atoms with Crippen LogP contribution in [0.4, 0.5) is 5.69 Å². The zero-order chi connectivity index (χ0) is 18.1. The summed E-state index contributed by atoms with van der Waals surface area (Å²) in [4.78, 5) is 17.4. The van der Waals surface area contributed by atoms with E-state index in [2.05, 4.69) is 22.0 Å². The van der Waals surface area contributed by atoms with Gasteiger partial charge in [0.15, 0.2) is 0 Å². The van der Waals surface area contributed by atoms with Crippen molar-refractivity contribution in [1.29, 1.82) is 0 Å². The number of hydrogen-bond donors (Lipinski definition) is 1. The molecular formula is C20H19N3O3. The lowest BCUT2D eigenvalue weighted by Gasteiger charge is -2.17. The van der Waals surface area contributed by atoms with Gasteiger partial charge >= 0.3 is 0 Å². The molecule has 4 rings (SSSR count). The Morgan fingerprint density at radius 1 is 1.23 bits per heavy atom. The molecule has 1 saturated heterocycles. The number of phenols is 1. The number of non-ortho nitro benzene ring substituents is 1. The second-order valence-corrected chi connectivity index (χ2v) is 6.69. The molecule has 0 aliphatic carbocycles. The molecule has 6 heteroatoms. The smallest absolute Gasteiger partial charge is 0.279 e. The van der Waals surface area contributed by atoms with Gasteiger partial charge in [-0.15, -0.1) is 0 Å². The summed E-state index contributed by atoms with van der Waals surface area (Å²) in [5.41, 5.74) is 2.14. The molecule has 0 amide bonds. The Hall–Kier alpha value is -2.99. The second-order valence-electron chi connectivity index (χ2n) is 6.69. The number of likely N-dealkylation sites (tertiary alicyclic amines) is 1. The summed E-state index contributed by atoms with van der Waals surface area (Å²) in [6.07, 6.45) is 2.58. The zero-order valence-corrected chi connectivity index (χ0v) is 14.2. The van der Waals surface area contributed by atoms with E-state index in [9.17, 15) is 15.2 Å². The first-order valence-corrected chi connectivity index (χ1v) is 8.64. The van der Waals surface area contributed by atoms with Gasteiger partial charge < -0.3 is 5.11 Å². The molecule has 1 atom stereocenters. The van der Waals surface area contributed by atoms with Gasteiger partial charge in [-0.25, -0.2) is 0 Å². The predicted molar refractivity (Wildman–Crippen MR) is 99.1 cm³/mol. The monoisotopic (exact) mass is 349 g/mol. The third kappa shape index (κ3) is 2.99. The van der Waals surface area contributed by atoms with Crippen LogP contribution in [0.25, 0.3) is 10.9 Å². The molecule has 1 aromatic heterocycles. The Morgan fingerprint density at radius 3 is 2.81 bits per heavy atom. The highest BCUT2D eigenvalue weighted by Crippen LogP contribution is 2.36. The van der Waals surface area contributed by atoms with Crippen molar-refractivity contribution in [3.05, 3.63) is 76.0 Å². The molecule has 0 radical (unpaired) electrons. The molecule has 2 aromatic carbocycles.